The zero-order valence-electron chi connectivity index (χ0n) is 66.2. The summed E-state index contributed by atoms with van der Waals surface area (Å²) in [6.45, 7) is 11.1. The van der Waals surface area contributed by atoms with Crippen LogP contribution in [0.4, 0.5) is 0 Å². The first-order valence-corrected chi connectivity index (χ1v) is 37.4. The third-order valence-corrected chi connectivity index (χ3v) is 17.4. The van der Waals surface area contributed by atoms with Gasteiger partial charge in [-0.05, 0) is 117 Å². The number of rotatable bonds is 38. The predicted molar refractivity (Wildman–Crippen MR) is 440 cm³/mol. The molecule has 1 heterocycles. The average Bonchev–Trinajstić information content (AvgIpc) is 1.62. The Morgan fingerprint density at radius 2 is 0.667 bits per heavy atom. The molecule has 0 aromatic heterocycles. The Labute approximate surface area is 680 Å². The Bertz CT molecular complexity index is 4100. The number of nitrogens with two attached hydrogens (primary N) is 6. The second-order valence-corrected chi connectivity index (χ2v) is 27.9. The lowest BCUT2D eigenvalue weighted by Crippen LogP contribution is -2.50. The van der Waals surface area contributed by atoms with E-state index in [0.29, 0.717) is 30.4 Å². The van der Waals surface area contributed by atoms with Gasteiger partial charge in [-0.25, -0.2) is 0 Å². The van der Waals surface area contributed by atoms with Crippen molar-refractivity contribution in [1.29, 1.82) is 0 Å². The number of carbonyl (C=O) groups excluding carboxylic acids is 12. The molecule has 117 heavy (non-hydrogen) atoms. The Morgan fingerprint density at radius 1 is 0.359 bits per heavy atom. The van der Waals surface area contributed by atoms with Crippen LogP contribution in [0.15, 0.2) is 158 Å². The zero-order chi connectivity index (χ0) is 88.1. The fourth-order valence-electron chi connectivity index (χ4n) is 10.6. The maximum atomic E-state index is 12.3. The van der Waals surface area contributed by atoms with E-state index in [1.165, 1.54) is 5.56 Å². The van der Waals surface area contributed by atoms with E-state index in [1.807, 2.05) is 150 Å². The Kier molecular flexibility index (Phi) is 46.6. The summed E-state index contributed by atoms with van der Waals surface area (Å²) in [5.74, 6) is -12.2. The number of hydrogen-bond donors (Lipinski definition) is 22. The number of nitrogens with one attached hydrogen (secondary N) is 6. The van der Waals surface area contributed by atoms with Crippen molar-refractivity contribution in [3.63, 3.8) is 0 Å². The van der Waals surface area contributed by atoms with Gasteiger partial charge in [0.15, 0.2) is 0 Å². The molecule has 12 amide bonds. The van der Waals surface area contributed by atoms with Crippen molar-refractivity contribution >= 4 is 124 Å². The lowest BCUT2D eigenvalue weighted by molar-refractivity contribution is -0.123. The second kappa shape index (κ2) is 53.4. The zero-order valence-corrected chi connectivity index (χ0v) is 66.2. The van der Waals surface area contributed by atoms with Gasteiger partial charge in [0.2, 0.25) is 59.1 Å². The van der Waals surface area contributed by atoms with Gasteiger partial charge in [-0.1, -0.05) is 147 Å². The van der Waals surface area contributed by atoms with E-state index in [4.69, 9.17) is 83.9 Å². The van der Waals surface area contributed by atoms with Crippen LogP contribution in [0.1, 0.15) is 157 Å². The van der Waals surface area contributed by atoms with Gasteiger partial charge in [0.25, 0.3) is 11.8 Å². The summed E-state index contributed by atoms with van der Waals surface area (Å²) in [5.41, 5.74) is 34.0. The van der Waals surface area contributed by atoms with E-state index in [-0.39, 0.29) is 81.4 Å². The minimum atomic E-state index is -1.87. The third kappa shape index (κ3) is 42.0. The molecule has 0 saturated carbocycles. The molecule has 1 saturated heterocycles. The van der Waals surface area contributed by atoms with Crippen LogP contribution in [0, 0.1) is 0 Å². The van der Waals surface area contributed by atoms with Crippen molar-refractivity contribution in [3.8, 4) is 11.1 Å². The first kappa shape index (κ1) is 102. The topological polar surface area (TPSA) is 654 Å². The van der Waals surface area contributed by atoms with Gasteiger partial charge in [0.05, 0.1) is 46.8 Å². The van der Waals surface area contributed by atoms with Crippen molar-refractivity contribution < 1.29 is 117 Å². The second-order valence-electron chi connectivity index (χ2n) is 27.9. The van der Waals surface area contributed by atoms with Crippen LogP contribution in [-0.4, -0.2) is 211 Å². The lowest BCUT2D eigenvalue weighted by Gasteiger charge is -2.32. The number of aryl methyl sites for hydroxylation is 2. The molecule has 6 atom stereocenters. The fourth-order valence-corrected chi connectivity index (χ4v) is 10.6. The van der Waals surface area contributed by atoms with Gasteiger partial charge in [0, 0.05) is 75.3 Å². The molecule has 0 spiro atoms. The van der Waals surface area contributed by atoms with Crippen LogP contribution in [0.25, 0.3) is 21.9 Å². The molecule has 1 aliphatic rings. The molecule has 0 unspecified atom stereocenters. The first-order chi connectivity index (χ1) is 55.0. The highest BCUT2D eigenvalue weighted by Gasteiger charge is 2.54. The van der Waals surface area contributed by atoms with Crippen LogP contribution < -0.4 is 66.3 Å². The fraction of sp³-hybridized carbons (Fsp3) is 0.387. The maximum Gasteiger partial charge on any atom is 0.482 e. The van der Waals surface area contributed by atoms with E-state index >= 15 is 0 Å². The lowest BCUT2D eigenvalue weighted by atomic mass is 9.76. The van der Waals surface area contributed by atoms with Crippen molar-refractivity contribution in [3.05, 3.63) is 180 Å². The van der Waals surface area contributed by atoms with Crippen molar-refractivity contribution in [2.75, 3.05) is 0 Å². The van der Waals surface area contributed by atoms with Gasteiger partial charge >= 0.3 is 42.7 Å². The van der Waals surface area contributed by atoms with Crippen LogP contribution in [-0.2, 0) is 70.1 Å². The SMILES string of the molecule is CC1(C)OB([C@H](CC(N)=O)NC(=O)CCCc2ccccc2)OC1(C)C.CCC(=O)N[C@H](CC(N)=O)B(O)O.CCCC(=O)N[C@H](CC(N)=O)B(O)O.NC(=O)C[C@@H](NC(=O)CCCc1ccccc1)B(O)O.NC(=O)C[C@@H](NC(=O)c1ccc(-c2ccccc2)cc1)B(O)O.NC(=O)C[C@@H](NC(=O)c1ccc2ccccc2c1)B(O)O. The van der Waals surface area contributed by atoms with E-state index in [0.717, 1.165) is 46.7 Å². The summed E-state index contributed by atoms with van der Waals surface area (Å²) < 4.78 is 11.9. The summed E-state index contributed by atoms with van der Waals surface area (Å²) in [4.78, 5) is 135. The minimum Gasteiger partial charge on any atom is -0.426 e. The van der Waals surface area contributed by atoms with E-state index < -0.39 is 137 Å². The van der Waals surface area contributed by atoms with E-state index in [2.05, 4.69) is 31.9 Å². The number of benzene rings is 6. The molecule has 42 heteroatoms. The van der Waals surface area contributed by atoms with Gasteiger partial charge in [0.1, 0.15) is 0 Å². The van der Waals surface area contributed by atoms with E-state index in [9.17, 15) is 67.6 Å². The number of fused-ring (bicyclic) bond motifs is 1. The summed E-state index contributed by atoms with van der Waals surface area (Å²) in [5, 5.41) is 106. The molecule has 6 aromatic rings. The number of hydrogen-bond acceptors (Lipinski definition) is 24. The monoisotopic (exact) mass is 1630 g/mol. The van der Waals surface area contributed by atoms with Gasteiger partial charge < -0.3 is 126 Å². The molecule has 0 aliphatic carbocycles. The number of amides is 12. The number of primary amides is 6. The van der Waals surface area contributed by atoms with Crippen molar-refractivity contribution in [2.45, 2.75) is 185 Å². The highest BCUT2D eigenvalue weighted by molar-refractivity contribution is 6.48. The molecule has 0 radical (unpaired) electrons. The van der Waals surface area contributed by atoms with Crippen LogP contribution >= 0.6 is 0 Å². The normalized spacial score (nSPS) is 13.4. The van der Waals surface area contributed by atoms with Crippen LogP contribution in [0.2, 0.25) is 0 Å². The van der Waals surface area contributed by atoms with E-state index in [1.54, 1.807) is 49.4 Å². The predicted octanol–water partition coefficient (Wildman–Crippen LogP) is -2.53. The van der Waals surface area contributed by atoms with Gasteiger partial charge in [-0.15, -0.1) is 0 Å². The molecule has 36 nitrogen and oxygen atoms in total. The summed E-state index contributed by atoms with van der Waals surface area (Å²) in [7, 11) is -9.78. The Balaban J connectivity index is 0.000000483. The highest BCUT2D eigenvalue weighted by Crippen LogP contribution is 2.38. The molecule has 6 aromatic carbocycles. The van der Waals surface area contributed by atoms with Crippen molar-refractivity contribution in [1.82, 2.24) is 31.9 Å². The molecular formula is C75H108B6N12O24. The maximum absolute atomic E-state index is 12.3. The van der Waals surface area contributed by atoms with Crippen LogP contribution in [0.5, 0.6) is 0 Å². The molecule has 0 bridgehead atoms. The van der Waals surface area contributed by atoms with Gasteiger partial charge in [-0.3, -0.25) is 57.5 Å². The minimum absolute atomic E-state index is 0.0265. The summed E-state index contributed by atoms with van der Waals surface area (Å²) in [6.07, 6.45) is 3.09. The van der Waals surface area contributed by atoms with Crippen molar-refractivity contribution in [2.24, 2.45) is 34.4 Å². The molecule has 7 rings (SSSR count). The summed E-state index contributed by atoms with van der Waals surface area (Å²) in [6, 6.07) is 48.9. The largest absolute Gasteiger partial charge is 0.482 e. The average molecular weight is 1630 g/mol. The molecule has 1 fully saturated rings. The molecule has 630 valence electrons. The highest BCUT2D eigenvalue weighted by atomic mass is 16.7. The molecule has 1 aliphatic heterocycles. The summed E-state index contributed by atoms with van der Waals surface area (Å²) >= 11 is 0. The van der Waals surface area contributed by atoms with Gasteiger partial charge in [-0.2, -0.15) is 0 Å². The Hall–Kier alpha value is -10.9. The molecular weight excluding hydrogens is 1520 g/mol. The number of carbonyl (C=O) groups is 12. The van der Waals surface area contributed by atoms with Crippen LogP contribution in [0.3, 0.4) is 0 Å². The standard InChI is InChI=1S/C19H29BN2O4.C16H17BN2O4.C14H15BN2O4.C13H19BN2O4.C7H15BN2O4.C6H13BN2O4/c1-18(2)19(3,4)26-20(25-18)15(13-16(21)23)22-17(24)12-8-11-14-9-6-5-7-10-14;18-15(20)10-14(17(22)23)19-16(21)13-8-6-12(7-9-13)11-4-2-1-3-5-11;16-13(18)8-12(15(20)21)17-14(19)11-6-5-9-3-1-2-4-10(9)7-11;15-12(17)9-11(14(19)20)16-13(18)8-4-7-10-5-2-1-3-6-10;1-2-3-7(12)10-5(8(13)14)4-6(9)11;1-2-6(11)9-4(7(12)13)3-5(8)10/h5-7,9-10,15H,8,11-13H2,1-4H3,(H2,21,23)(H,22,24);1-9,14,22-23H,10H2,(H2,18,20)(H,19,21);1-7,12,20-21H,8H2,(H2,16,18)(H,17,19);1-3,5-6,11,19-20H,4,7-9H2,(H2,15,17)(H,16,18);5,13-14H,2-4H2,1H3,(H2,9,11)(H,10,12);4,12-13H,2-3H2,1H3,(H2,8,10)(H,9,11)/t15-;14-;12-;11-;5-;4-/m011111/s1. The third-order valence-electron chi connectivity index (χ3n) is 17.4. The molecule has 28 N–H and O–H groups in total. The first-order valence-electron chi connectivity index (χ1n) is 37.4. The smallest absolute Gasteiger partial charge is 0.426 e. The Morgan fingerprint density at radius 3 is 1.03 bits per heavy atom. The quantitative estimate of drug-likeness (QED) is 0.0178.